The highest BCUT2D eigenvalue weighted by Crippen LogP contribution is 2.54. The fraction of sp³-hybridized carbons (Fsp3) is 0.486. The van der Waals surface area contributed by atoms with E-state index in [-0.39, 0.29) is 18.2 Å². The molecular weight excluding hydrogens is 578 g/mol. The number of benzene rings is 2. The van der Waals surface area contributed by atoms with Gasteiger partial charge in [0.1, 0.15) is 11.3 Å². The van der Waals surface area contributed by atoms with E-state index in [0.717, 1.165) is 42.4 Å². The molecule has 0 saturated heterocycles. The van der Waals surface area contributed by atoms with Crippen LogP contribution in [0.3, 0.4) is 0 Å². The third-order valence-corrected chi connectivity index (χ3v) is 10.5. The molecule has 0 amide bonds. The maximum absolute atomic E-state index is 12.8. The van der Waals surface area contributed by atoms with Gasteiger partial charge in [0.2, 0.25) is 6.79 Å². The fourth-order valence-corrected chi connectivity index (χ4v) is 8.15. The number of hydrogen-bond donors (Lipinski definition) is 2. The van der Waals surface area contributed by atoms with Gasteiger partial charge in [-0.1, -0.05) is 31.5 Å². The maximum atomic E-state index is 12.8. The normalized spacial score (nSPS) is 26.2. The van der Waals surface area contributed by atoms with E-state index < -0.39 is 11.5 Å². The van der Waals surface area contributed by atoms with Gasteiger partial charge in [0.15, 0.2) is 11.5 Å². The van der Waals surface area contributed by atoms with E-state index in [9.17, 15) is 9.90 Å². The first kappa shape index (κ1) is 29.2. The summed E-state index contributed by atoms with van der Waals surface area (Å²) in [6, 6.07) is 13.6. The Labute approximate surface area is 263 Å². The van der Waals surface area contributed by atoms with Crippen molar-refractivity contribution in [3.63, 3.8) is 0 Å². The molecule has 1 aromatic heterocycles. The standard InChI is InChI=1S/C35H40ClN3O5/c1-22(20-42-29-9-14-37-28-8-3-5-23(2)32(28)29)18-39-19-24-15-30-31(44-21-43-30)17-27(24)35(39)12-10-34(11-13-35,33(40)41)38-26-7-4-6-25(36)16-26/h4,6-7,9,14-17,22-23,38H,3,5,8,10-13,18-21H2,1-2H3,(H,40,41)/t22-,23-,34?,35?/m1/s1. The van der Waals surface area contributed by atoms with Crippen LogP contribution in [-0.2, 0) is 23.3 Å². The van der Waals surface area contributed by atoms with Crippen LogP contribution in [0.4, 0.5) is 5.69 Å². The molecule has 2 aliphatic carbocycles. The Balaban J connectivity index is 1.13. The summed E-state index contributed by atoms with van der Waals surface area (Å²) < 4.78 is 18.0. The summed E-state index contributed by atoms with van der Waals surface area (Å²) in [4.78, 5) is 20.0. The number of aliphatic carboxylic acids is 1. The monoisotopic (exact) mass is 617 g/mol. The van der Waals surface area contributed by atoms with Crippen LogP contribution in [0.5, 0.6) is 17.2 Å². The number of hydrogen-bond acceptors (Lipinski definition) is 7. The predicted octanol–water partition coefficient (Wildman–Crippen LogP) is 7.14. The lowest BCUT2D eigenvalue weighted by molar-refractivity contribution is -0.145. The maximum Gasteiger partial charge on any atom is 0.329 e. The summed E-state index contributed by atoms with van der Waals surface area (Å²) in [5.41, 5.74) is 4.25. The van der Waals surface area contributed by atoms with Gasteiger partial charge in [-0.15, -0.1) is 0 Å². The smallest absolute Gasteiger partial charge is 0.329 e. The summed E-state index contributed by atoms with van der Waals surface area (Å²) in [5, 5.41) is 14.4. The average Bonchev–Trinajstić information content (AvgIpc) is 3.58. The molecule has 0 radical (unpaired) electrons. The number of fused-ring (bicyclic) bond motifs is 4. The minimum atomic E-state index is -1.08. The van der Waals surface area contributed by atoms with Crippen molar-refractivity contribution in [3.05, 3.63) is 76.1 Å². The van der Waals surface area contributed by atoms with Gasteiger partial charge in [0.25, 0.3) is 0 Å². The minimum absolute atomic E-state index is 0.228. The van der Waals surface area contributed by atoms with Gasteiger partial charge in [0, 0.05) is 52.7 Å². The van der Waals surface area contributed by atoms with Gasteiger partial charge in [0.05, 0.1) is 6.61 Å². The van der Waals surface area contributed by atoms with Gasteiger partial charge >= 0.3 is 5.97 Å². The van der Waals surface area contributed by atoms with Crippen molar-refractivity contribution in [1.82, 2.24) is 9.88 Å². The van der Waals surface area contributed by atoms with Crippen molar-refractivity contribution in [1.29, 1.82) is 0 Å². The van der Waals surface area contributed by atoms with E-state index in [2.05, 4.69) is 41.2 Å². The third-order valence-electron chi connectivity index (χ3n) is 10.2. The predicted molar refractivity (Wildman–Crippen MR) is 169 cm³/mol. The Bertz CT molecular complexity index is 1570. The highest BCUT2D eigenvalue weighted by molar-refractivity contribution is 6.30. The van der Waals surface area contributed by atoms with E-state index in [1.54, 1.807) is 12.1 Å². The van der Waals surface area contributed by atoms with Crippen LogP contribution in [0, 0.1) is 5.92 Å². The number of rotatable bonds is 8. The molecule has 1 fully saturated rings. The van der Waals surface area contributed by atoms with E-state index >= 15 is 0 Å². The molecule has 1 spiro atoms. The Morgan fingerprint density at radius 3 is 2.75 bits per heavy atom. The van der Waals surface area contributed by atoms with Crippen molar-refractivity contribution in [3.8, 4) is 17.2 Å². The minimum Gasteiger partial charge on any atom is -0.493 e. The van der Waals surface area contributed by atoms with E-state index in [0.29, 0.717) is 43.2 Å². The molecular formula is C35H40ClN3O5. The SMILES string of the molecule is C[C@@H](COc1ccnc2c1[C@H](C)CCC2)CN1Cc2cc3c(cc2C12CCC(Nc1cccc(Cl)c1)(C(=O)O)CC2)OCO3. The molecule has 3 heterocycles. The molecule has 2 aromatic carbocycles. The topological polar surface area (TPSA) is 93.2 Å². The zero-order valence-corrected chi connectivity index (χ0v) is 26.2. The molecule has 0 unspecified atom stereocenters. The van der Waals surface area contributed by atoms with Gasteiger partial charge in [-0.2, -0.15) is 0 Å². The lowest BCUT2D eigenvalue weighted by Crippen LogP contribution is -2.55. The second kappa shape index (κ2) is 11.5. The highest BCUT2D eigenvalue weighted by atomic mass is 35.5. The molecule has 44 heavy (non-hydrogen) atoms. The van der Waals surface area contributed by atoms with Gasteiger partial charge in [-0.25, -0.2) is 4.79 Å². The van der Waals surface area contributed by atoms with Gasteiger partial charge in [-0.05, 0) is 98.4 Å². The van der Waals surface area contributed by atoms with Crippen molar-refractivity contribution >= 4 is 23.3 Å². The molecule has 2 atom stereocenters. The van der Waals surface area contributed by atoms with Crippen LogP contribution in [0.15, 0.2) is 48.7 Å². The van der Waals surface area contributed by atoms with E-state index in [1.807, 2.05) is 24.4 Å². The van der Waals surface area contributed by atoms with Crippen LogP contribution in [0.25, 0.3) is 0 Å². The molecule has 9 heteroatoms. The number of carboxylic acid groups (broad SMARTS) is 1. The molecule has 3 aromatic rings. The third kappa shape index (κ3) is 5.16. The molecule has 7 rings (SSSR count). The zero-order chi connectivity index (χ0) is 30.5. The van der Waals surface area contributed by atoms with Crippen LogP contribution in [0.2, 0.25) is 5.02 Å². The molecule has 2 N–H and O–H groups in total. The van der Waals surface area contributed by atoms with E-state index in [1.165, 1.54) is 35.2 Å². The quantitative estimate of drug-likeness (QED) is 0.276. The van der Waals surface area contributed by atoms with Crippen molar-refractivity contribution in [2.45, 2.75) is 82.3 Å². The number of nitrogens with zero attached hydrogens (tertiary/aromatic N) is 2. The Morgan fingerprint density at radius 1 is 1.18 bits per heavy atom. The van der Waals surface area contributed by atoms with Crippen molar-refractivity contribution in [2.24, 2.45) is 5.92 Å². The number of anilines is 1. The Kier molecular flexibility index (Phi) is 7.61. The van der Waals surface area contributed by atoms with Crippen LogP contribution in [-0.4, -0.2) is 46.4 Å². The van der Waals surface area contributed by atoms with Crippen molar-refractivity contribution < 1.29 is 24.1 Å². The van der Waals surface area contributed by atoms with Crippen LogP contribution >= 0.6 is 11.6 Å². The Hall–Kier alpha value is -3.49. The number of nitrogens with one attached hydrogen (secondary N) is 1. The number of aryl methyl sites for hydroxylation is 1. The molecule has 1 saturated carbocycles. The summed E-state index contributed by atoms with van der Waals surface area (Å²) in [7, 11) is 0. The van der Waals surface area contributed by atoms with E-state index in [4.69, 9.17) is 25.8 Å². The largest absolute Gasteiger partial charge is 0.493 e. The number of carboxylic acids is 1. The number of ether oxygens (including phenoxy) is 3. The summed E-state index contributed by atoms with van der Waals surface area (Å²) in [6.07, 6.45) is 7.58. The first-order chi connectivity index (χ1) is 21.3. The second-order valence-electron chi connectivity index (χ2n) is 13.2. The van der Waals surface area contributed by atoms with Crippen LogP contribution < -0.4 is 19.5 Å². The fourth-order valence-electron chi connectivity index (χ4n) is 7.96. The summed E-state index contributed by atoms with van der Waals surface area (Å²) in [6.45, 7) is 6.94. The van der Waals surface area contributed by atoms with Gasteiger partial charge in [-0.3, -0.25) is 9.88 Å². The highest BCUT2D eigenvalue weighted by Gasteiger charge is 2.54. The number of carbonyl (C=O) groups is 1. The number of aromatic nitrogens is 1. The van der Waals surface area contributed by atoms with Gasteiger partial charge < -0.3 is 24.6 Å². The lowest BCUT2D eigenvalue weighted by Gasteiger charge is -2.48. The number of halogens is 1. The molecule has 8 nitrogen and oxygen atoms in total. The lowest BCUT2D eigenvalue weighted by atomic mass is 9.69. The Morgan fingerprint density at radius 2 is 1.98 bits per heavy atom. The first-order valence-corrected chi connectivity index (χ1v) is 16.2. The molecule has 232 valence electrons. The number of pyridine rings is 1. The van der Waals surface area contributed by atoms with Crippen LogP contribution in [0.1, 0.15) is 80.7 Å². The summed E-state index contributed by atoms with van der Waals surface area (Å²) >= 11 is 6.23. The molecule has 4 aliphatic rings. The zero-order valence-electron chi connectivity index (χ0n) is 25.4. The molecule has 2 aliphatic heterocycles. The molecule has 0 bridgehead atoms. The second-order valence-corrected chi connectivity index (χ2v) is 13.6. The first-order valence-electron chi connectivity index (χ1n) is 15.8. The summed E-state index contributed by atoms with van der Waals surface area (Å²) in [5.74, 6) is 2.39. The average molecular weight is 618 g/mol. The van der Waals surface area contributed by atoms with Crippen molar-refractivity contribution in [2.75, 3.05) is 25.3 Å².